The second-order valence-electron chi connectivity index (χ2n) is 5.37. The third kappa shape index (κ3) is 4.23. The highest BCUT2D eigenvalue weighted by atomic mass is 79.9. The highest BCUT2D eigenvalue weighted by Gasteiger charge is 2.14. The van der Waals surface area contributed by atoms with Crippen LogP contribution in [0.1, 0.15) is 58.5 Å². The monoisotopic (exact) mass is 313 g/mol. The maximum Gasteiger partial charge on any atom is 0.144 e. The standard InChI is InChI=1S/C14H24BrN3/c1-6-7-16-14-12(15)11(8-9(2)3)17-13(18-14)10(4)5/h9-10H,6-8H2,1-5H3,(H,16,17,18). The summed E-state index contributed by atoms with van der Waals surface area (Å²) in [6.07, 6.45) is 2.07. The number of halogens is 1. The SMILES string of the molecule is CCCNc1nc(C(C)C)nc(CC(C)C)c1Br. The Hall–Kier alpha value is -0.640. The van der Waals surface area contributed by atoms with Gasteiger partial charge in [0.25, 0.3) is 0 Å². The van der Waals surface area contributed by atoms with Crippen LogP contribution < -0.4 is 5.32 Å². The maximum absolute atomic E-state index is 4.68. The van der Waals surface area contributed by atoms with E-state index in [1.165, 1.54) is 0 Å². The zero-order valence-electron chi connectivity index (χ0n) is 12.0. The Bertz CT molecular complexity index is 389. The summed E-state index contributed by atoms with van der Waals surface area (Å²) >= 11 is 3.64. The van der Waals surface area contributed by atoms with Gasteiger partial charge in [-0.1, -0.05) is 34.6 Å². The number of anilines is 1. The fourth-order valence-electron chi connectivity index (χ4n) is 1.65. The normalized spacial score (nSPS) is 11.3. The fourth-order valence-corrected chi connectivity index (χ4v) is 2.13. The van der Waals surface area contributed by atoms with Gasteiger partial charge in [0.05, 0.1) is 10.2 Å². The third-order valence-electron chi connectivity index (χ3n) is 2.60. The van der Waals surface area contributed by atoms with Gasteiger partial charge in [-0.3, -0.25) is 0 Å². The minimum atomic E-state index is 0.353. The highest BCUT2D eigenvalue weighted by Crippen LogP contribution is 2.27. The van der Waals surface area contributed by atoms with Gasteiger partial charge in [0.2, 0.25) is 0 Å². The average molecular weight is 314 g/mol. The van der Waals surface area contributed by atoms with Gasteiger partial charge in [0, 0.05) is 12.5 Å². The number of hydrogen-bond donors (Lipinski definition) is 1. The first-order valence-corrected chi connectivity index (χ1v) is 7.55. The summed E-state index contributed by atoms with van der Waals surface area (Å²) in [7, 11) is 0. The molecule has 0 radical (unpaired) electrons. The molecule has 0 aliphatic rings. The molecule has 4 heteroatoms. The summed E-state index contributed by atoms with van der Waals surface area (Å²) < 4.78 is 1.02. The van der Waals surface area contributed by atoms with Gasteiger partial charge in [0.15, 0.2) is 0 Å². The Morgan fingerprint density at radius 2 is 1.83 bits per heavy atom. The van der Waals surface area contributed by atoms with Crippen LogP contribution in [0.15, 0.2) is 4.47 Å². The predicted molar refractivity (Wildman–Crippen MR) is 81.1 cm³/mol. The van der Waals surface area contributed by atoms with Crippen molar-refractivity contribution in [2.75, 3.05) is 11.9 Å². The van der Waals surface area contributed by atoms with E-state index in [1.54, 1.807) is 0 Å². The van der Waals surface area contributed by atoms with Gasteiger partial charge in [-0.05, 0) is 34.7 Å². The molecule has 0 spiro atoms. The molecule has 1 aromatic heterocycles. The Morgan fingerprint density at radius 3 is 2.33 bits per heavy atom. The molecule has 0 aliphatic heterocycles. The van der Waals surface area contributed by atoms with Crippen molar-refractivity contribution in [1.29, 1.82) is 0 Å². The largest absolute Gasteiger partial charge is 0.369 e. The van der Waals surface area contributed by atoms with Crippen molar-refractivity contribution in [3.05, 3.63) is 16.0 Å². The summed E-state index contributed by atoms with van der Waals surface area (Å²) in [5, 5.41) is 3.37. The number of aromatic nitrogens is 2. The minimum Gasteiger partial charge on any atom is -0.369 e. The van der Waals surface area contributed by atoms with E-state index >= 15 is 0 Å². The summed E-state index contributed by atoms with van der Waals surface area (Å²) in [6, 6.07) is 0. The van der Waals surface area contributed by atoms with Crippen LogP contribution in [0.4, 0.5) is 5.82 Å². The first-order valence-electron chi connectivity index (χ1n) is 6.75. The lowest BCUT2D eigenvalue weighted by atomic mass is 10.1. The summed E-state index contributed by atoms with van der Waals surface area (Å²) in [4.78, 5) is 9.29. The molecule has 18 heavy (non-hydrogen) atoms. The van der Waals surface area contributed by atoms with Gasteiger partial charge in [0.1, 0.15) is 11.6 Å². The molecule has 0 atom stereocenters. The molecular weight excluding hydrogens is 290 g/mol. The summed E-state index contributed by atoms with van der Waals surface area (Å²) in [5.41, 5.74) is 1.11. The van der Waals surface area contributed by atoms with Crippen molar-refractivity contribution in [1.82, 2.24) is 9.97 Å². The molecule has 0 bridgehead atoms. The average Bonchev–Trinajstić information content (AvgIpc) is 2.29. The number of hydrogen-bond acceptors (Lipinski definition) is 3. The highest BCUT2D eigenvalue weighted by molar-refractivity contribution is 9.10. The number of nitrogens with zero attached hydrogens (tertiary/aromatic N) is 2. The Kier molecular flexibility index (Phi) is 6.06. The molecule has 0 unspecified atom stereocenters. The van der Waals surface area contributed by atoms with Gasteiger partial charge in [-0.2, -0.15) is 0 Å². The van der Waals surface area contributed by atoms with E-state index < -0.39 is 0 Å². The van der Waals surface area contributed by atoms with E-state index in [2.05, 4.69) is 65.8 Å². The van der Waals surface area contributed by atoms with Crippen molar-refractivity contribution in [3.63, 3.8) is 0 Å². The second-order valence-corrected chi connectivity index (χ2v) is 6.16. The van der Waals surface area contributed by atoms with E-state index in [9.17, 15) is 0 Å². The lowest BCUT2D eigenvalue weighted by Gasteiger charge is -2.15. The quantitative estimate of drug-likeness (QED) is 0.846. The molecule has 0 fully saturated rings. The fraction of sp³-hybridized carbons (Fsp3) is 0.714. The topological polar surface area (TPSA) is 37.8 Å². The molecular formula is C14H24BrN3. The molecule has 0 aliphatic carbocycles. The van der Waals surface area contributed by atoms with E-state index in [0.29, 0.717) is 11.8 Å². The van der Waals surface area contributed by atoms with Gasteiger partial charge in [-0.25, -0.2) is 9.97 Å². The lowest BCUT2D eigenvalue weighted by molar-refractivity contribution is 0.623. The van der Waals surface area contributed by atoms with Crippen LogP contribution in [0.25, 0.3) is 0 Å². The summed E-state index contributed by atoms with van der Waals surface area (Å²) in [5.74, 6) is 2.81. The van der Waals surface area contributed by atoms with E-state index in [4.69, 9.17) is 0 Å². The molecule has 0 aromatic carbocycles. The van der Waals surface area contributed by atoms with E-state index in [1.807, 2.05) is 0 Å². The molecule has 0 amide bonds. The molecule has 1 heterocycles. The van der Waals surface area contributed by atoms with Crippen molar-refractivity contribution < 1.29 is 0 Å². The van der Waals surface area contributed by atoms with Crippen LogP contribution in [-0.4, -0.2) is 16.5 Å². The lowest BCUT2D eigenvalue weighted by Crippen LogP contribution is -2.11. The zero-order chi connectivity index (χ0) is 13.7. The van der Waals surface area contributed by atoms with E-state index in [-0.39, 0.29) is 0 Å². The predicted octanol–water partition coefficient (Wildman–Crippen LogP) is 4.38. The van der Waals surface area contributed by atoms with Crippen molar-refractivity contribution in [2.24, 2.45) is 5.92 Å². The number of nitrogens with one attached hydrogen (secondary N) is 1. The van der Waals surface area contributed by atoms with Crippen molar-refractivity contribution >= 4 is 21.7 Å². The Morgan fingerprint density at radius 1 is 1.17 bits per heavy atom. The smallest absolute Gasteiger partial charge is 0.144 e. The van der Waals surface area contributed by atoms with Crippen molar-refractivity contribution in [2.45, 2.75) is 53.4 Å². The minimum absolute atomic E-state index is 0.353. The second kappa shape index (κ2) is 7.07. The molecule has 102 valence electrons. The van der Waals surface area contributed by atoms with Crippen LogP contribution in [-0.2, 0) is 6.42 Å². The van der Waals surface area contributed by atoms with Crippen LogP contribution in [0.5, 0.6) is 0 Å². The Balaban J connectivity index is 3.11. The van der Waals surface area contributed by atoms with Gasteiger partial charge < -0.3 is 5.32 Å². The van der Waals surface area contributed by atoms with Crippen LogP contribution in [0.3, 0.4) is 0 Å². The van der Waals surface area contributed by atoms with E-state index in [0.717, 1.165) is 41.2 Å². The van der Waals surface area contributed by atoms with Crippen molar-refractivity contribution in [3.8, 4) is 0 Å². The Labute approximate surface area is 119 Å². The molecule has 1 N–H and O–H groups in total. The van der Waals surface area contributed by atoms with Gasteiger partial charge in [-0.15, -0.1) is 0 Å². The van der Waals surface area contributed by atoms with Crippen LogP contribution in [0, 0.1) is 5.92 Å². The molecule has 1 rings (SSSR count). The molecule has 0 saturated carbocycles. The van der Waals surface area contributed by atoms with Gasteiger partial charge >= 0.3 is 0 Å². The third-order valence-corrected chi connectivity index (χ3v) is 3.43. The van der Waals surface area contributed by atoms with Crippen LogP contribution in [0.2, 0.25) is 0 Å². The molecule has 0 saturated heterocycles. The molecule has 3 nitrogen and oxygen atoms in total. The maximum atomic E-state index is 4.68. The van der Waals surface area contributed by atoms with Crippen LogP contribution >= 0.6 is 15.9 Å². The zero-order valence-corrected chi connectivity index (χ0v) is 13.6. The summed E-state index contributed by atoms with van der Waals surface area (Å²) in [6.45, 7) is 11.8. The first-order chi connectivity index (χ1) is 8.45. The molecule has 1 aromatic rings. The number of rotatable bonds is 6. The first kappa shape index (κ1) is 15.4.